The van der Waals surface area contributed by atoms with Crippen molar-refractivity contribution in [2.45, 2.75) is 12.4 Å². The summed E-state index contributed by atoms with van der Waals surface area (Å²) in [6, 6.07) is 11.8. The molecule has 24 heavy (non-hydrogen) atoms. The average Bonchev–Trinajstić information content (AvgIpc) is 2.48. The van der Waals surface area contributed by atoms with E-state index in [2.05, 4.69) is 10.1 Å². The van der Waals surface area contributed by atoms with Crippen molar-refractivity contribution >= 4 is 21.4 Å². The normalized spacial score (nSPS) is 11.3. The third-order valence-corrected chi connectivity index (χ3v) is 3.85. The number of nitrogens with one attached hydrogen (secondary N) is 1. The van der Waals surface area contributed by atoms with Crippen LogP contribution in [0.5, 0.6) is 5.75 Å². The van der Waals surface area contributed by atoms with Gasteiger partial charge in [0.15, 0.2) is 9.84 Å². The van der Waals surface area contributed by atoms with E-state index in [4.69, 9.17) is 0 Å². The van der Waals surface area contributed by atoms with Crippen molar-refractivity contribution in [3.8, 4) is 5.75 Å². The highest BCUT2D eigenvalue weighted by Gasteiger charge is 2.13. The molecule has 2 aromatic carbocycles. The number of amides is 1. The van der Waals surface area contributed by atoms with Gasteiger partial charge in [0.05, 0.1) is 11.4 Å². The molecular formula is C16H15F2NO4S. The van der Waals surface area contributed by atoms with E-state index in [0.717, 1.165) is 6.26 Å². The zero-order chi connectivity index (χ0) is 17.7. The van der Waals surface area contributed by atoms with E-state index in [1.165, 1.54) is 42.5 Å². The first-order valence-corrected chi connectivity index (χ1v) is 8.92. The minimum Gasteiger partial charge on any atom is -0.433 e. The van der Waals surface area contributed by atoms with Crippen LogP contribution in [0.3, 0.4) is 0 Å². The Bertz CT molecular complexity index is 820. The first-order valence-electron chi connectivity index (χ1n) is 6.86. The Morgan fingerprint density at radius 2 is 1.75 bits per heavy atom. The Balaban J connectivity index is 2.13. The Hall–Kier alpha value is -2.48. The highest BCUT2D eigenvalue weighted by Crippen LogP contribution is 2.26. The summed E-state index contributed by atoms with van der Waals surface area (Å²) >= 11 is 0. The monoisotopic (exact) mass is 355 g/mol. The smallest absolute Gasteiger partial charge is 0.387 e. The van der Waals surface area contributed by atoms with Gasteiger partial charge in [-0.3, -0.25) is 4.79 Å². The Labute approximate surface area is 138 Å². The van der Waals surface area contributed by atoms with Gasteiger partial charge in [-0.05, 0) is 29.8 Å². The predicted octanol–water partition coefficient (Wildman–Crippen LogP) is 3.08. The second-order valence-corrected chi connectivity index (χ2v) is 7.24. The summed E-state index contributed by atoms with van der Waals surface area (Å²) in [6.45, 7) is -3.00. The Morgan fingerprint density at radius 1 is 1.12 bits per heavy atom. The largest absolute Gasteiger partial charge is 0.433 e. The minimum absolute atomic E-state index is 0.114. The highest BCUT2D eigenvalue weighted by molar-refractivity contribution is 7.89. The van der Waals surface area contributed by atoms with Crippen molar-refractivity contribution in [3.05, 3.63) is 59.7 Å². The molecule has 1 N–H and O–H groups in total. The van der Waals surface area contributed by atoms with Gasteiger partial charge in [0.1, 0.15) is 5.75 Å². The summed E-state index contributed by atoms with van der Waals surface area (Å²) in [5, 5.41) is 2.48. The summed E-state index contributed by atoms with van der Waals surface area (Å²) < 4.78 is 51.5. The molecule has 0 fully saturated rings. The lowest BCUT2D eigenvalue weighted by Crippen LogP contribution is -2.14. The molecule has 0 aliphatic carbocycles. The standard InChI is InChI=1S/C16H15F2NO4S/c1-24(21,22)10-11-6-8-12(9-7-11)15(20)19-13-4-2-3-5-14(13)23-16(17)18/h2-9,16H,10H2,1H3,(H,19,20). The van der Waals surface area contributed by atoms with Crippen molar-refractivity contribution in [3.63, 3.8) is 0 Å². The molecule has 0 atom stereocenters. The lowest BCUT2D eigenvalue weighted by molar-refractivity contribution is -0.0493. The molecular weight excluding hydrogens is 340 g/mol. The van der Waals surface area contributed by atoms with Crippen LogP contribution in [-0.4, -0.2) is 27.2 Å². The van der Waals surface area contributed by atoms with Crippen molar-refractivity contribution in [2.24, 2.45) is 0 Å². The molecule has 0 bridgehead atoms. The van der Waals surface area contributed by atoms with Crippen molar-refractivity contribution in [1.29, 1.82) is 0 Å². The molecule has 8 heteroatoms. The van der Waals surface area contributed by atoms with E-state index >= 15 is 0 Å². The summed E-state index contributed by atoms with van der Waals surface area (Å²) in [4.78, 5) is 12.2. The van der Waals surface area contributed by atoms with Gasteiger partial charge in [-0.2, -0.15) is 8.78 Å². The number of hydrogen-bond acceptors (Lipinski definition) is 4. The number of halogens is 2. The molecule has 1 amide bonds. The van der Waals surface area contributed by atoms with E-state index in [1.807, 2.05) is 0 Å². The van der Waals surface area contributed by atoms with E-state index in [1.54, 1.807) is 6.07 Å². The number of alkyl halides is 2. The molecule has 0 aromatic heterocycles. The van der Waals surface area contributed by atoms with E-state index in [-0.39, 0.29) is 22.8 Å². The maximum Gasteiger partial charge on any atom is 0.387 e. The average molecular weight is 355 g/mol. The van der Waals surface area contributed by atoms with Gasteiger partial charge in [-0.25, -0.2) is 8.42 Å². The zero-order valence-electron chi connectivity index (χ0n) is 12.7. The van der Waals surface area contributed by atoms with E-state index < -0.39 is 22.4 Å². The maximum absolute atomic E-state index is 12.4. The molecule has 0 aliphatic rings. The third kappa shape index (κ3) is 5.31. The van der Waals surface area contributed by atoms with Crippen LogP contribution in [0.4, 0.5) is 14.5 Å². The summed E-state index contributed by atoms with van der Waals surface area (Å²) in [5.74, 6) is -0.791. The quantitative estimate of drug-likeness (QED) is 0.864. The molecule has 2 aromatic rings. The van der Waals surface area contributed by atoms with Gasteiger partial charge in [0.25, 0.3) is 5.91 Å². The van der Waals surface area contributed by atoms with E-state index in [9.17, 15) is 22.0 Å². The molecule has 128 valence electrons. The lowest BCUT2D eigenvalue weighted by atomic mass is 10.1. The van der Waals surface area contributed by atoms with Gasteiger partial charge >= 0.3 is 6.61 Å². The van der Waals surface area contributed by atoms with Crippen molar-refractivity contribution in [1.82, 2.24) is 0 Å². The van der Waals surface area contributed by atoms with E-state index in [0.29, 0.717) is 5.56 Å². The fourth-order valence-electron chi connectivity index (χ4n) is 2.02. The number of para-hydroxylation sites is 2. The van der Waals surface area contributed by atoms with Crippen LogP contribution >= 0.6 is 0 Å². The molecule has 2 rings (SSSR count). The molecule has 5 nitrogen and oxygen atoms in total. The number of carbonyl (C=O) groups is 1. The van der Waals surface area contributed by atoms with Gasteiger partial charge in [0.2, 0.25) is 0 Å². The lowest BCUT2D eigenvalue weighted by Gasteiger charge is -2.11. The second-order valence-electron chi connectivity index (χ2n) is 5.10. The minimum atomic E-state index is -3.16. The zero-order valence-corrected chi connectivity index (χ0v) is 13.5. The van der Waals surface area contributed by atoms with Crippen LogP contribution < -0.4 is 10.1 Å². The molecule has 0 saturated carbocycles. The number of rotatable bonds is 6. The van der Waals surface area contributed by atoms with Crippen LogP contribution in [0, 0.1) is 0 Å². The first-order chi connectivity index (χ1) is 11.2. The summed E-state index contributed by atoms with van der Waals surface area (Å²) in [5.41, 5.74) is 0.928. The highest BCUT2D eigenvalue weighted by atomic mass is 32.2. The topological polar surface area (TPSA) is 72.5 Å². The van der Waals surface area contributed by atoms with Gasteiger partial charge in [-0.1, -0.05) is 24.3 Å². The van der Waals surface area contributed by atoms with Crippen LogP contribution in [0.1, 0.15) is 15.9 Å². The first kappa shape index (κ1) is 17.9. The number of anilines is 1. The van der Waals surface area contributed by atoms with Crippen molar-refractivity contribution in [2.75, 3.05) is 11.6 Å². The molecule has 0 saturated heterocycles. The van der Waals surface area contributed by atoms with Crippen molar-refractivity contribution < 1.29 is 26.7 Å². The number of sulfone groups is 1. The molecule has 0 unspecified atom stereocenters. The molecule has 0 heterocycles. The fraction of sp³-hybridized carbons (Fsp3) is 0.188. The number of ether oxygens (including phenoxy) is 1. The number of hydrogen-bond donors (Lipinski definition) is 1. The fourth-order valence-corrected chi connectivity index (χ4v) is 2.82. The molecule has 0 spiro atoms. The van der Waals surface area contributed by atoms with Crippen LogP contribution in [-0.2, 0) is 15.6 Å². The Morgan fingerprint density at radius 3 is 2.33 bits per heavy atom. The third-order valence-electron chi connectivity index (χ3n) is 3.00. The van der Waals surface area contributed by atoms with Gasteiger partial charge < -0.3 is 10.1 Å². The second kappa shape index (κ2) is 7.39. The number of benzene rings is 2. The number of carbonyl (C=O) groups excluding carboxylic acids is 1. The summed E-state index contributed by atoms with van der Waals surface area (Å²) in [6.07, 6.45) is 1.12. The SMILES string of the molecule is CS(=O)(=O)Cc1ccc(C(=O)Nc2ccccc2OC(F)F)cc1. The predicted molar refractivity (Wildman–Crippen MR) is 86.0 cm³/mol. The van der Waals surface area contributed by atoms with Gasteiger partial charge in [-0.15, -0.1) is 0 Å². The van der Waals surface area contributed by atoms with Crippen LogP contribution in [0.25, 0.3) is 0 Å². The van der Waals surface area contributed by atoms with Crippen LogP contribution in [0.15, 0.2) is 48.5 Å². The maximum atomic E-state index is 12.4. The molecule has 0 radical (unpaired) electrons. The molecule has 0 aliphatic heterocycles. The van der Waals surface area contributed by atoms with Gasteiger partial charge in [0, 0.05) is 11.8 Å². The van der Waals surface area contributed by atoms with Crippen LogP contribution in [0.2, 0.25) is 0 Å². The summed E-state index contributed by atoms with van der Waals surface area (Å²) in [7, 11) is -3.16. The Kier molecular flexibility index (Phi) is 5.50.